The zero-order valence-electron chi connectivity index (χ0n) is 21.9. The minimum absolute atomic E-state index is 0.0382. The van der Waals surface area contributed by atoms with Gasteiger partial charge in [0.2, 0.25) is 11.9 Å². The van der Waals surface area contributed by atoms with Crippen LogP contribution in [0.15, 0.2) is 24.4 Å². The van der Waals surface area contributed by atoms with Gasteiger partial charge in [-0.05, 0) is 50.2 Å². The summed E-state index contributed by atoms with van der Waals surface area (Å²) in [6.45, 7) is 4.45. The van der Waals surface area contributed by atoms with Gasteiger partial charge in [-0.1, -0.05) is 23.7 Å². The van der Waals surface area contributed by atoms with Crippen LogP contribution in [-0.4, -0.2) is 87.7 Å². The monoisotopic (exact) mass is 556 g/mol. The fourth-order valence-electron chi connectivity index (χ4n) is 5.48. The van der Waals surface area contributed by atoms with E-state index in [-0.39, 0.29) is 36.4 Å². The van der Waals surface area contributed by atoms with Crippen molar-refractivity contribution in [3.8, 4) is 11.3 Å². The number of carboxylic acid groups (broad SMARTS) is 1. The number of nitrogens with one attached hydrogen (secondary N) is 2. The fourth-order valence-corrected chi connectivity index (χ4v) is 5.68. The molecule has 2 fully saturated rings. The van der Waals surface area contributed by atoms with Crippen LogP contribution >= 0.6 is 11.6 Å². The van der Waals surface area contributed by atoms with Gasteiger partial charge in [0.1, 0.15) is 6.54 Å². The first-order valence-corrected chi connectivity index (χ1v) is 13.7. The minimum atomic E-state index is -0.937. The number of carbonyl (C=O) groups excluding carboxylic acids is 2. The molecule has 2 saturated heterocycles. The molecule has 3 aliphatic heterocycles. The third-order valence-electron chi connectivity index (χ3n) is 7.72. The summed E-state index contributed by atoms with van der Waals surface area (Å²) < 4.78 is 5.41. The number of hydrogen-bond acceptors (Lipinski definition) is 7. The number of hydrogen-bond donors (Lipinski definition) is 3. The van der Waals surface area contributed by atoms with Crippen molar-refractivity contribution in [3.63, 3.8) is 0 Å². The van der Waals surface area contributed by atoms with Gasteiger partial charge in [-0.3, -0.25) is 9.59 Å². The molecule has 2 atom stereocenters. The molecule has 208 valence electrons. The first-order chi connectivity index (χ1) is 18.8. The Morgan fingerprint density at radius 3 is 2.82 bits per heavy atom. The molecule has 0 spiro atoms. The second-order valence-corrected chi connectivity index (χ2v) is 10.8. The lowest BCUT2D eigenvalue weighted by molar-refractivity contribution is -0.122. The number of likely N-dealkylation sites (tertiary alicyclic amines) is 1. The van der Waals surface area contributed by atoms with Crippen molar-refractivity contribution in [1.82, 2.24) is 25.1 Å². The second-order valence-electron chi connectivity index (χ2n) is 10.4. The SMILES string of the molecule is CC(NC(=O)CN1Cc2ccc(-c3nc(NC4CCOCC4)ncc3Cl)cc2C1=O)[C@@H]1CCCN(C(=O)O)C1. The normalized spacial score (nSPS) is 20.5. The van der Waals surface area contributed by atoms with Gasteiger partial charge in [0, 0.05) is 56.1 Å². The van der Waals surface area contributed by atoms with Crippen LogP contribution < -0.4 is 10.6 Å². The Balaban J connectivity index is 1.22. The van der Waals surface area contributed by atoms with Gasteiger partial charge in [0.25, 0.3) is 5.91 Å². The van der Waals surface area contributed by atoms with E-state index in [2.05, 4.69) is 20.6 Å². The zero-order valence-corrected chi connectivity index (χ0v) is 22.6. The van der Waals surface area contributed by atoms with Crippen LogP contribution in [0.2, 0.25) is 5.02 Å². The Morgan fingerprint density at radius 2 is 2.05 bits per heavy atom. The van der Waals surface area contributed by atoms with Crippen molar-refractivity contribution >= 4 is 35.5 Å². The van der Waals surface area contributed by atoms with Gasteiger partial charge in [0.15, 0.2) is 0 Å². The molecule has 11 nitrogen and oxygen atoms in total. The van der Waals surface area contributed by atoms with E-state index in [4.69, 9.17) is 16.3 Å². The van der Waals surface area contributed by atoms with Crippen LogP contribution in [0.25, 0.3) is 11.3 Å². The van der Waals surface area contributed by atoms with Crippen LogP contribution in [0.1, 0.15) is 48.5 Å². The van der Waals surface area contributed by atoms with Crippen molar-refractivity contribution in [2.75, 3.05) is 38.2 Å². The molecule has 1 unspecified atom stereocenters. The van der Waals surface area contributed by atoms with Crippen LogP contribution in [0.4, 0.5) is 10.7 Å². The lowest BCUT2D eigenvalue weighted by Gasteiger charge is -2.34. The fraction of sp³-hybridized carbons (Fsp3) is 0.519. The van der Waals surface area contributed by atoms with Crippen LogP contribution in [0, 0.1) is 5.92 Å². The highest BCUT2D eigenvalue weighted by Gasteiger charge is 2.32. The Labute approximate surface area is 231 Å². The predicted octanol–water partition coefficient (Wildman–Crippen LogP) is 3.24. The third kappa shape index (κ3) is 6.25. The molecule has 2 aromatic rings. The Kier molecular flexibility index (Phi) is 8.18. The van der Waals surface area contributed by atoms with Crippen molar-refractivity contribution < 1.29 is 24.2 Å². The summed E-state index contributed by atoms with van der Waals surface area (Å²) in [5.74, 6) is 0.0235. The number of benzene rings is 1. The molecule has 4 heterocycles. The van der Waals surface area contributed by atoms with Gasteiger partial charge in [-0.15, -0.1) is 0 Å². The standard InChI is InChI=1S/C27H33ClN6O5/c1-16(18-3-2-8-33(13-18)27(37)38)30-23(35)15-34-14-19-5-4-17(11-21(19)25(34)36)24-22(28)12-29-26(32-24)31-20-6-9-39-10-7-20/h4-5,11-12,16,18,20H,2-3,6-10,13-15H2,1H3,(H,30,35)(H,37,38)(H,29,31,32)/t16?,18-/m1/s1. The Hall–Kier alpha value is -3.44. The average molecular weight is 557 g/mol. The van der Waals surface area contributed by atoms with Gasteiger partial charge < -0.3 is 30.3 Å². The summed E-state index contributed by atoms with van der Waals surface area (Å²) in [5.41, 5.74) is 2.58. The number of piperidine rings is 1. The molecular weight excluding hydrogens is 524 g/mol. The maximum absolute atomic E-state index is 13.2. The molecule has 1 aromatic heterocycles. The van der Waals surface area contributed by atoms with E-state index in [1.165, 1.54) is 9.80 Å². The van der Waals surface area contributed by atoms with E-state index < -0.39 is 6.09 Å². The molecule has 5 rings (SSSR count). The first kappa shape index (κ1) is 27.1. The number of halogens is 1. The highest BCUT2D eigenvalue weighted by Crippen LogP contribution is 2.32. The molecule has 12 heteroatoms. The molecular formula is C27H33ClN6O5. The molecule has 0 radical (unpaired) electrons. The lowest BCUT2D eigenvalue weighted by atomic mass is 9.92. The van der Waals surface area contributed by atoms with Crippen molar-refractivity contribution in [2.24, 2.45) is 5.92 Å². The van der Waals surface area contributed by atoms with E-state index >= 15 is 0 Å². The quantitative estimate of drug-likeness (QED) is 0.473. The summed E-state index contributed by atoms with van der Waals surface area (Å²) in [4.78, 5) is 49.2. The largest absolute Gasteiger partial charge is 0.465 e. The molecule has 39 heavy (non-hydrogen) atoms. The van der Waals surface area contributed by atoms with Gasteiger partial charge in [0.05, 0.1) is 16.9 Å². The number of nitrogens with zero attached hydrogens (tertiary/aromatic N) is 4. The van der Waals surface area contributed by atoms with Crippen LogP contribution in [0.5, 0.6) is 0 Å². The van der Waals surface area contributed by atoms with Gasteiger partial charge in [-0.25, -0.2) is 14.8 Å². The smallest absolute Gasteiger partial charge is 0.407 e. The van der Waals surface area contributed by atoms with Crippen LogP contribution in [0.3, 0.4) is 0 Å². The summed E-state index contributed by atoms with van der Waals surface area (Å²) >= 11 is 6.44. The number of amides is 3. The topological polar surface area (TPSA) is 137 Å². The lowest BCUT2D eigenvalue weighted by Crippen LogP contribution is -2.49. The van der Waals surface area contributed by atoms with E-state index in [1.807, 2.05) is 19.1 Å². The van der Waals surface area contributed by atoms with E-state index in [0.29, 0.717) is 60.6 Å². The van der Waals surface area contributed by atoms with Gasteiger partial charge in [-0.2, -0.15) is 0 Å². The highest BCUT2D eigenvalue weighted by atomic mass is 35.5. The zero-order chi connectivity index (χ0) is 27.5. The number of ether oxygens (including phenoxy) is 1. The summed E-state index contributed by atoms with van der Waals surface area (Å²) in [5, 5.41) is 16.0. The number of aromatic nitrogens is 2. The van der Waals surface area contributed by atoms with Gasteiger partial charge >= 0.3 is 6.09 Å². The number of rotatable bonds is 7. The van der Waals surface area contributed by atoms with E-state index in [9.17, 15) is 19.5 Å². The molecule has 0 saturated carbocycles. The van der Waals surface area contributed by atoms with Crippen molar-refractivity contribution in [1.29, 1.82) is 0 Å². The van der Waals surface area contributed by atoms with E-state index in [0.717, 1.165) is 31.2 Å². The molecule has 1 aromatic carbocycles. The molecule has 0 aliphatic carbocycles. The predicted molar refractivity (Wildman–Crippen MR) is 145 cm³/mol. The summed E-state index contributed by atoms with van der Waals surface area (Å²) in [7, 11) is 0. The van der Waals surface area contributed by atoms with Crippen molar-refractivity contribution in [2.45, 2.75) is 51.2 Å². The highest BCUT2D eigenvalue weighted by molar-refractivity contribution is 6.33. The average Bonchev–Trinajstić information content (AvgIpc) is 3.24. The van der Waals surface area contributed by atoms with Crippen molar-refractivity contribution in [3.05, 3.63) is 40.5 Å². The third-order valence-corrected chi connectivity index (χ3v) is 8.00. The number of fused-ring (bicyclic) bond motifs is 1. The second kappa shape index (κ2) is 11.7. The van der Waals surface area contributed by atoms with E-state index in [1.54, 1.807) is 12.3 Å². The summed E-state index contributed by atoms with van der Waals surface area (Å²) in [6.07, 6.45) is 3.98. The number of carbonyl (C=O) groups is 3. The maximum Gasteiger partial charge on any atom is 0.407 e. The first-order valence-electron chi connectivity index (χ1n) is 13.3. The number of anilines is 1. The summed E-state index contributed by atoms with van der Waals surface area (Å²) in [6, 6.07) is 5.55. The molecule has 0 bridgehead atoms. The Morgan fingerprint density at radius 1 is 1.26 bits per heavy atom. The minimum Gasteiger partial charge on any atom is -0.465 e. The molecule has 3 N–H and O–H groups in total. The molecule has 3 amide bonds. The molecule has 3 aliphatic rings. The van der Waals surface area contributed by atoms with Crippen LogP contribution in [-0.2, 0) is 16.1 Å². The maximum atomic E-state index is 13.2. The Bertz CT molecular complexity index is 1250.